The molecule has 0 spiro atoms. The number of methoxy groups -OCH3 is 1. The number of carbonyl (C=O) groups is 4. The van der Waals surface area contributed by atoms with E-state index < -0.39 is 12.0 Å². The third-order valence-electron chi connectivity index (χ3n) is 4.78. The van der Waals surface area contributed by atoms with E-state index in [9.17, 15) is 19.2 Å². The van der Waals surface area contributed by atoms with Crippen molar-refractivity contribution in [3.05, 3.63) is 59.7 Å². The van der Waals surface area contributed by atoms with E-state index in [-0.39, 0.29) is 78.7 Å². The summed E-state index contributed by atoms with van der Waals surface area (Å²) in [5, 5.41) is 2.96. The van der Waals surface area contributed by atoms with Gasteiger partial charge >= 0.3 is 5.97 Å². The van der Waals surface area contributed by atoms with Crippen LogP contribution in [0.4, 0.5) is 11.4 Å². The van der Waals surface area contributed by atoms with Gasteiger partial charge in [-0.1, -0.05) is 58.9 Å². The molecule has 0 aliphatic heterocycles. The number of benzene rings is 2. The van der Waals surface area contributed by atoms with Gasteiger partial charge in [0.1, 0.15) is 5.78 Å². The fourth-order valence-corrected chi connectivity index (χ4v) is 2.82. The number of hydrogen-bond donors (Lipinski definition) is 3. The quantitative estimate of drug-likeness (QED) is 0.136. The van der Waals surface area contributed by atoms with Gasteiger partial charge in [0.15, 0.2) is 11.6 Å². The molecule has 0 aliphatic carbocycles. The van der Waals surface area contributed by atoms with Crippen molar-refractivity contribution in [2.45, 2.75) is 60.4 Å². The Kier molecular flexibility index (Phi) is 28.3. The average Bonchev–Trinajstić information content (AvgIpc) is 2.90. The largest absolute Gasteiger partial charge is 0.469 e. The van der Waals surface area contributed by atoms with Gasteiger partial charge in [-0.15, -0.1) is 24.0 Å². The van der Waals surface area contributed by atoms with Crippen LogP contribution < -0.4 is 16.8 Å². The number of rotatable bonds is 9. The number of esters is 1. The zero-order chi connectivity index (χ0) is 28.3. The summed E-state index contributed by atoms with van der Waals surface area (Å²) in [7, 11) is 3.08. The van der Waals surface area contributed by atoms with Crippen LogP contribution in [0.1, 0.15) is 75.1 Å². The SMILES string of the molecule is CC.CC.CC(=O)[C@@H](N)CC(=O)c1ccccc1N.CNc1ccccc1C(=O)C[C@H](C)C(=O)OC.I.[V]. The number of nitrogens with one attached hydrogen (secondary N) is 1. The number of hydrogen-bond acceptors (Lipinski definition) is 8. The van der Waals surface area contributed by atoms with Crippen LogP contribution in [0.2, 0.25) is 0 Å². The van der Waals surface area contributed by atoms with Crippen LogP contribution in [-0.4, -0.2) is 43.5 Å². The first kappa shape index (κ1) is 42.9. The van der Waals surface area contributed by atoms with Gasteiger partial charge in [0.05, 0.1) is 19.1 Å². The molecule has 5 N–H and O–H groups in total. The molecular weight excluding hydrogens is 636 g/mol. The number of para-hydroxylation sites is 2. The number of nitrogens with two attached hydrogens (primary N) is 2. The first-order valence-corrected chi connectivity index (χ1v) is 12.1. The number of carbonyl (C=O) groups excluding carboxylic acids is 4. The van der Waals surface area contributed by atoms with Crippen molar-refractivity contribution >= 4 is 58.7 Å². The minimum Gasteiger partial charge on any atom is -0.469 e. The van der Waals surface area contributed by atoms with Gasteiger partial charge in [-0.25, -0.2) is 0 Å². The first-order chi connectivity index (χ1) is 17.1. The fraction of sp³-hybridized carbons (Fsp3) is 0.429. The van der Waals surface area contributed by atoms with Crippen LogP contribution in [0, 0.1) is 5.92 Å². The number of Topliss-reactive ketones (excluding diaryl/α,β-unsaturated/α-hetero) is 3. The second-order valence-corrected chi connectivity index (χ2v) is 7.28. The maximum Gasteiger partial charge on any atom is 0.308 e. The number of halogens is 1. The summed E-state index contributed by atoms with van der Waals surface area (Å²) < 4.78 is 4.60. The molecule has 0 unspecified atom stereocenters. The fourth-order valence-electron chi connectivity index (χ4n) is 2.82. The molecular formula is C28H44IN3O5V. The number of anilines is 2. The molecule has 38 heavy (non-hydrogen) atoms. The molecule has 1 radical (unpaired) electrons. The van der Waals surface area contributed by atoms with Crippen molar-refractivity contribution in [3.8, 4) is 0 Å². The summed E-state index contributed by atoms with van der Waals surface area (Å²) in [6.45, 7) is 11.1. The molecule has 0 aliphatic rings. The Balaban J connectivity index is -0.000000258. The smallest absolute Gasteiger partial charge is 0.308 e. The first-order valence-electron chi connectivity index (χ1n) is 12.1. The third kappa shape index (κ3) is 15.9. The molecule has 0 bridgehead atoms. The Hall–Kier alpha value is -2.21. The second-order valence-electron chi connectivity index (χ2n) is 7.28. The Labute approximate surface area is 256 Å². The Bertz CT molecular complexity index is 973. The minimum atomic E-state index is -0.739. The van der Waals surface area contributed by atoms with Crippen molar-refractivity contribution < 1.29 is 42.5 Å². The molecule has 0 saturated heterocycles. The van der Waals surface area contributed by atoms with Crippen LogP contribution in [0.15, 0.2) is 48.5 Å². The number of nitrogen functional groups attached to an aromatic ring is 1. The molecule has 213 valence electrons. The maximum atomic E-state index is 12.0. The average molecular weight is 681 g/mol. The Morgan fingerprint density at radius 3 is 1.76 bits per heavy atom. The maximum absolute atomic E-state index is 12.0. The van der Waals surface area contributed by atoms with Crippen LogP contribution in [0.5, 0.6) is 0 Å². The minimum absolute atomic E-state index is 0. The summed E-state index contributed by atoms with van der Waals surface area (Å²) in [4.78, 5) is 45.8. The van der Waals surface area contributed by atoms with E-state index >= 15 is 0 Å². The van der Waals surface area contributed by atoms with E-state index in [0.29, 0.717) is 16.8 Å². The van der Waals surface area contributed by atoms with Crippen molar-refractivity contribution in [3.63, 3.8) is 0 Å². The monoisotopic (exact) mass is 680 g/mol. The number of ether oxygens (including phenoxy) is 1. The van der Waals surface area contributed by atoms with Crippen molar-refractivity contribution in [2.24, 2.45) is 11.7 Å². The standard InChI is InChI=1S/C13H17NO3.C11H14N2O2.2C2H6.HI.V/c1-9(13(16)17-3)8-12(15)10-6-4-5-7-11(10)14-2;1-7(14)10(13)6-11(15)8-4-2-3-5-9(8)12;2*1-2;;/h4-7,9,14H,8H2,1-3H3;2-5,10H,6,12-13H2,1H3;2*1-2H3;1H;/t9-;10-;;;;/m00..../s1. The zero-order valence-electron chi connectivity index (χ0n) is 23.7. The Morgan fingerprint density at radius 2 is 1.32 bits per heavy atom. The van der Waals surface area contributed by atoms with E-state index in [1.807, 2.05) is 39.8 Å². The molecule has 2 rings (SSSR count). The van der Waals surface area contributed by atoms with Crippen molar-refractivity contribution in [1.29, 1.82) is 0 Å². The van der Waals surface area contributed by atoms with Gasteiger partial charge in [-0.2, -0.15) is 0 Å². The Morgan fingerprint density at radius 1 is 0.868 bits per heavy atom. The molecule has 0 fully saturated rings. The van der Waals surface area contributed by atoms with Crippen LogP contribution in [-0.2, 0) is 32.9 Å². The molecule has 0 saturated carbocycles. The van der Waals surface area contributed by atoms with Gasteiger partial charge in [0, 0.05) is 60.9 Å². The van der Waals surface area contributed by atoms with Crippen LogP contribution >= 0.6 is 24.0 Å². The molecule has 10 heteroatoms. The van der Waals surface area contributed by atoms with Gasteiger partial charge in [-0.3, -0.25) is 19.2 Å². The van der Waals surface area contributed by atoms with E-state index in [0.717, 1.165) is 5.69 Å². The molecule has 2 aromatic carbocycles. The van der Waals surface area contributed by atoms with E-state index in [1.54, 1.807) is 50.4 Å². The summed E-state index contributed by atoms with van der Waals surface area (Å²) in [5.41, 5.74) is 13.3. The topological polar surface area (TPSA) is 142 Å². The molecule has 0 aromatic heterocycles. The molecule has 0 amide bonds. The van der Waals surface area contributed by atoms with Gasteiger partial charge < -0.3 is 21.5 Å². The van der Waals surface area contributed by atoms with Crippen LogP contribution in [0.25, 0.3) is 0 Å². The molecule has 0 heterocycles. The van der Waals surface area contributed by atoms with Crippen molar-refractivity contribution in [2.75, 3.05) is 25.2 Å². The number of ketones is 3. The normalized spacial score (nSPS) is 10.3. The predicted octanol–water partition coefficient (Wildman–Crippen LogP) is 5.54. The van der Waals surface area contributed by atoms with Crippen LogP contribution in [0.3, 0.4) is 0 Å². The van der Waals surface area contributed by atoms with E-state index in [2.05, 4.69) is 10.1 Å². The summed E-state index contributed by atoms with van der Waals surface area (Å²) >= 11 is 0. The summed E-state index contributed by atoms with van der Waals surface area (Å²) in [5.74, 6) is -1.24. The van der Waals surface area contributed by atoms with Crippen molar-refractivity contribution in [1.82, 2.24) is 0 Å². The van der Waals surface area contributed by atoms with E-state index in [4.69, 9.17) is 11.5 Å². The van der Waals surface area contributed by atoms with Gasteiger partial charge in [0.2, 0.25) is 0 Å². The predicted molar refractivity (Wildman–Crippen MR) is 163 cm³/mol. The second kappa shape index (κ2) is 25.1. The summed E-state index contributed by atoms with van der Waals surface area (Å²) in [6, 6.07) is 13.2. The van der Waals surface area contributed by atoms with E-state index in [1.165, 1.54) is 14.0 Å². The molecule has 8 nitrogen and oxygen atoms in total. The summed E-state index contributed by atoms with van der Waals surface area (Å²) in [6.07, 6.45) is 0.162. The van der Waals surface area contributed by atoms with Gasteiger partial charge in [-0.05, 0) is 31.2 Å². The third-order valence-corrected chi connectivity index (χ3v) is 4.78. The van der Waals surface area contributed by atoms with Gasteiger partial charge in [0.25, 0.3) is 0 Å². The molecule has 2 aromatic rings. The zero-order valence-corrected chi connectivity index (χ0v) is 27.5. The molecule has 2 atom stereocenters.